The first-order chi connectivity index (χ1) is 21.3. The number of rotatable bonds is 9. The fourth-order valence-electron chi connectivity index (χ4n) is 9.55. The van der Waals surface area contributed by atoms with Gasteiger partial charge in [-0.15, -0.1) is 0 Å². The average molecular weight is 624 g/mol. The summed E-state index contributed by atoms with van der Waals surface area (Å²) in [6, 6.07) is 11.6. The molecule has 3 N–H and O–H groups in total. The Hall–Kier alpha value is -2.54. The smallest absolute Gasteiger partial charge is 0.250 e. The maximum Gasteiger partial charge on any atom is 0.250 e. The lowest BCUT2D eigenvalue weighted by Crippen LogP contribution is -2.61. The summed E-state index contributed by atoms with van der Waals surface area (Å²) in [4.78, 5) is 11.4. The Morgan fingerprint density at radius 1 is 1.00 bits per heavy atom. The molecule has 6 aliphatic rings. The van der Waals surface area contributed by atoms with Crippen LogP contribution in [0.15, 0.2) is 30.5 Å². The van der Waals surface area contributed by atoms with E-state index in [1.165, 1.54) is 32.1 Å². The number of benzene rings is 1. The van der Waals surface area contributed by atoms with Crippen LogP contribution in [0.5, 0.6) is 0 Å². The van der Waals surface area contributed by atoms with E-state index in [0.29, 0.717) is 71.9 Å². The monoisotopic (exact) mass is 623 g/mol. The molecule has 44 heavy (non-hydrogen) atoms. The van der Waals surface area contributed by atoms with Gasteiger partial charge in [0.1, 0.15) is 17.5 Å². The molecule has 2 aromatic rings. The Morgan fingerprint density at radius 2 is 1.73 bits per heavy atom. The summed E-state index contributed by atoms with van der Waals surface area (Å²) in [6.07, 6.45) is 12.5. The second-order valence-corrected chi connectivity index (χ2v) is 14.8. The van der Waals surface area contributed by atoms with Crippen LogP contribution in [0, 0.1) is 34.5 Å². The molecule has 4 bridgehead atoms. The Kier molecular flexibility index (Phi) is 8.45. The number of nitriles is 1. The van der Waals surface area contributed by atoms with Crippen LogP contribution in [-0.2, 0) is 6.54 Å². The van der Waals surface area contributed by atoms with Crippen molar-refractivity contribution in [1.82, 2.24) is 20.2 Å². The third-order valence-corrected chi connectivity index (χ3v) is 11.9. The maximum absolute atomic E-state index is 13.7. The second kappa shape index (κ2) is 12.3. The van der Waals surface area contributed by atoms with E-state index in [-0.39, 0.29) is 18.3 Å². The molecule has 1 aromatic heterocycles. The van der Waals surface area contributed by atoms with Gasteiger partial charge in [-0.3, -0.25) is 4.90 Å². The summed E-state index contributed by atoms with van der Waals surface area (Å²) in [6.45, 7) is 2.43. The van der Waals surface area contributed by atoms with Gasteiger partial charge in [0.25, 0.3) is 5.92 Å². The van der Waals surface area contributed by atoms with Crippen molar-refractivity contribution in [2.24, 2.45) is 23.2 Å². The number of anilines is 2. The van der Waals surface area contributed by atoms with Gasteiger partial charge in [-0.2, -0.15) is 10.2 Å². The van der Waals surface area contributed by atoms with Crippen LogP contribution in [0.4, 0.5) is 20.5 Å². The highest BCUT2D eigenvalue weighted by molar-refractivity contribution is 6.31. The number of nitrogens with zero attached hydrogens (tertiary/aromatic N) is 4. The molecule has 0 spiro atoms. The SMILES string of the molecule is N#Cc1cnc(NCc2ccccc2Cl)nc1NCC12CC3C[C@H](C1)C(NC1CCC(N4CCC(F)(F)CC4)CC1)[C@@H](C3)C2. The first-order valence-corrected chi connectivity index (χ1v) is 17.0. The van der Waals surface area contributed by atoms with Crippen LogP contribution in [0.1, 0.15) is 81.8 Å². The molecule has 0 amide bonds. The number of nitrogens with one attached hydrogen (secondary N) is 3. The first kappa shape index (κ1) is 30.1. The van der Waals surface area contributed by atoms with Crippen LogP contribution >= 0.6 is 11.6 Å². The molecule has 0 radical (unpaired) electrons. The van der Waals surface area contributed by atoms with Crippen LogP contribution in [-0.4, -0.2) is 58.6 Å². The van der Waals surface area contributed by atoms with E-state index >= 15 is 0 Å². The molecular formula is C34H44ClF2N7. The van der Waals surface area contributed by atoms with Gasteiger partial charge in [-0.1, -0.05) is 29.8 Å². The number of piperidine rings is 1. The highest BCUT2D eigenvalue weighted by atomic mass is 35.5. The van der Waals surface area contributed by atoms with Gasteiger partial charge in [0.2, 0.25) is 5.95 Å². The van der Waals surface area contributed by atoms with Gasteiger partial charge in [0.15, 0.2) is 0 Å². The molecule has 1 saturated heterocycles. The minimum Gasteiger partial charge on any atom is -0.368 e. The van der Waals surface area contributed by atoms with Crippen molar-refractivity contribution < 1.29 is 8.78 Å². The van der Waals surface area contributed by atoms with E-state index in [4.69, 9.17) is 16.6 Å². The molecule has 3 unspecified atom stereocenters. The molecule has 5 atom stereocenters. The highest BCUT2D eigenvalue weighted by Crippen LogP contribution is 2.60. The number of alkyl halides is 2. The Morgan fingerprint density at radius 3 is 2.43 bits per heavy atom. The molecule has 8 rings (SSSR count). The van der Waals surface area contributed by atoms with Crippen molar-refractivity contribution in [1.29, 1.82) is 5.26 Å². The molecular weight excluding hydrogens is 580 g/mol. The zero-order valence-electron chi connectivity index (χ0n) is 25.4. The molecule has 7 nitrogen and oxygen atoms in total. The second-order valence-electron chi connectivity index (χ2n) is 14.4. The lowest BCUT2D eigenvalue weighted by molar-refractivity contribution is -0.0760. The molecule has 5 aliphatic carbocycles. The predicted molar refractivity (Wildman–Crippen MR) is 169 cm³/mol. The number of aromatic nitrogens is 2. The fraction of sp³-hybridized carbons (Fsp3) is 0.676. The molecule has 1 aromatic carbocycles. The van der Waals surface area contributed by atoms with Gasteiger partial charge in [0.05, 0.1) is 6.20 Å². The normalized spacial score (nSPS) is 34.4. The third-order valence-electron chi connectivity index (χ3n) is 11.5. The van der Waals surface area contributed by atoms with Crippen LogP contribution < -0.4 is 16.0 Å². The molecule has 6 fully saturated rings. The summed E-state index contributed by atoms with van der Waals surface area (Å²) in [5.74, 6) is 0.788. The lowest BCUT2D eigenvalue weighted by Gasteiger charge is -2.61. The van der Waals surface area contributed by atoms with Crippen molar-refractivity contribution in [3.63, 3.8) is 0 Å². The molecule has 10 heteroatoms. The number of halogens is 3. The molecule has 2 heterocycles. The largest absolute Gasteiger partial charge is 0.368 e. The zero-order valence-corrected chi connectivity index (χ0v) is 26.1. The van der Waals surface area contributed by atoms with E-state index in [2.05, 4.69) is 31.9 Å². The Labute approximate surface area is 264 Å². The van der Waals surface area contributed by atoms with E-state index < -0.39 is 5.92 Å². The van der Waals surface area contributed by atoms with Crippen molar-refractivity contribution in [2.75, 3.05) is 30.3 Å². The van der Waals surface area contributed by atoms with E-state index in [0.717, 1.165) is 43.7 Å². The Balaban J connectivity index is 0.939. The van der Waals surface area contributed by atoms with E-state index in [9.17, 15) is 14.0 Å². The van der Waals surface area contributed by atoms with Crippen LogP contribution in [0.3, 0.4) is 0 Å². The molecule has 236 valence electrons. The quantitative estimate of drug-likeness (QED) is 0.281. The zero-order chi connectivity index (χ0) is 30.3. The first-order valence-electron chi connectivity index (χ1n) is 16.6. The van der Waals surface area contributed by atoms with Gasteiger partial charge in [-0.25, -0.2) is 13.8 Å². The minimum atomic E-state index is -2.47. The summed E-state index contributed by atoms with van der Waals surface area (Å²) in [5, 5.41) is 21.5. The Bertz CT molecular complexity index is 1350. The van der Waals surface area contributed by atoms with Crippen molar-refractivity contribution in [3.8, 4) is 6.07 Å². The summed E-state index contributed by atoms with van der Waals surface area (Å²) >= 11 is 6.31. The van der Waals surface area contributed by atoms with Gasteiger partial charge in [0, 0.05) is 62.2 Å². The highest BCUT2D eigenvalue weighted by Gasteiger charge is 2.55. The third kappa shape index (κ3) is 6.41. The van der Waals surface area contributed by atoms with Crippen molar-refractivity contribution >= 4 is 23.4 Å². The minimum absolute atomic E-state index is 0.0189. The van der Waals surface area contributed by atoms with Gasteiger partial charge >= 0.3 is 0 Å². The summed E-state index contributed by atoms with van der Waals surface area (Å²) in [7, 11) is 0. The van der Waals surface area contributed by atoms with Crippen molar-refractivity contribution in [2.45, 2.75) is 101 Å². The lowest BCUT2D eigenvalue weighted by atomic mass is 9.47. The summed E-state index contributed by atoms with van der Waals surface area (Å²) < 4.78 is 27.3. The maximum atomic E-state index is 13.7. The topological polar surface area (TPSA) is 88.9 Å². The molecule has 1 aliphatic heterocycles. The number of hydrogen-bond donors (Lipinski definition) is 3. The average Bonchev–Trinajstić information content (AvgIpc) is 3.01. The van der Waals surface area contributed by atoms with Crippen molar-refractivity contribution in [3.05, 3.63) is 46.6 Å². The fourth-order valence-corrected chi connectivity index (χ4v) is 9.75. The van der Waals surface area contributed by atoms with Gasteiger partial charge < -0.3 is 16.0 Å². The standard InChI is InChI=1S/C34H44ClF2N7/c35-29-4-2-1-3-23(29)19-39-32-40-20-26(18-38)31(43-32)41-21-33-15-22-13-24(16-33)30(25(14-22)17-33)42-27-5-7-28(8-6-27)44-11-9-34(36,37)10-12-44/h1-4,20,22,24-25,27-28,30,42H,5-17,19,21H2,(H2,39,40,41,43)/t22?,24-,25+,27?,28?,30?,33?. The van der Waals surface area contributed by atoms with Crippen LogP contribution in [0.25, 0.3) is 0 Å². The molecule has 5 saturated carbocycles. The van der Waals surface area contributed by atoms with Gasteiger partial charge in [-0.05, 0) is 92.6 Å². The number of hydrogen-bond acceptors (Lipinski definition) is 7. The van der Waals surface area contributed by atoms with Crippen LogP contribution in [0.2, 0.25) is 5.02 Å². The van der Waals surface area contributed by atoms with E-state index in [1.54, 1.807) is 6.20 Å². The predicted octanol–water partition coefficient (Wildman–Crippen LogP) is 6.85. The van der Waals surface area contributed by atoms with E-state index in [1.807, 2.05) is 24.3 Å². The number of likely N-dealkylation sites (tertiary alicyclic amines) is 1. The summed E-state index contributed by atoms with van der Waals surface area (Å²) in [5.41, 5.74) is 1.67.